The van der Waals surface area contributed by atoms with E-state index >= 15 is 0 Å². The van der Waals surface area contributed by atoms with Gasteiger partial charge in [-0.3, -0.25) is 0 Å². The van der Waals surface area contributed by atoms with Crippen molar-refractivity contribution in [1.82, 2.24) is 20.5 Å². The van der Waals surface area contributed by atoms with Gasteiger partial charge in [-0.1, -0.05) is 37.4 Å². The van der Waals surface area contributed by atoms with E-state index < -0.39 is 0 Å². The number of rotatable bonds is 7. The number of H-pyrrole nitrogens is 1. The first-order valence-electron chi connectivity index (χ1n) is 9.84. The third kappa shape index (κ3) is 5.04. The Labute approximate surface area is 195 Å². The van der Waals surface area contributed by atoms with Crippen LogP contribution < -0.4 is 40.2 Å². The normalized spacial score (nSPS) is 19.0. The van der Waals surface area contributed by atoms with Crippen LogP contribution in [0, 0.1) is 5.92 Å². The zero-order valence-electron chi connectivity index (χ0n) is 16.8. The predicted molar refractivity (Wildman–Crippen MR) is 113 cm³/mol. The van der Waals surface area contributed by atoms with Crippen molar-refractivity contribution in [2.45, 2.75) is 44.7 Å². The smallest absolute Gasteiger partial charge is 0.403 e. The molecule has 0 amide bonds. The summed E-state index contributed by atoms with van der Waals surface area (Å²) in [5.74, 6) is 2.42. The topological polar surface area (TPSA) is 43.1 Å². The largest absolute Gasteiger partial charge is 1.00 e. The van der Waals surface area contributed by atoms with Gasteiger partial charge in [-0.15, -0.1) is 5.70 Å². The van der Waals surface area contributed by atoms with E-state index in [4.69, 9.17) is 11.6 Å². The third-order valence-corrected chi connectivity index (χ3v) is 5.91. The van der Waals surface area contributed by atoms with Crippen molar-refractivity contribution in [2.24, 2.45) is 0 Å². The molecule has 28 heavy (non-hydrogen) atoms. The Kier molecular flexibility index (Phi) is 7.32. The van der Waals surface area contributed by atoms with Crippen LogP contribution >= 0.6 is 11.6 Å². The molecule has 1 aromatic carbocycles. The molecule has 1 saturated heterocycles. The Morgan fingerprint density at radius 1 is 1.25 bits per heavy atom. The second-order valence-corrected chi connectivity index (χ2v) is 8.13. The second kappa shape index (κ2) is 9.53. The van der Waals surface area contributed by atoms with Crippen molar-refractivity contribution in [3.63, 3.8) is 0 Å². The summed E-state index contributed by atoms with van der Waals surface area (Å²) in [7, 11) is 0. The van der Waals surface area contributed by atoms with Crippen molar-refractivity contribution in [2.75, 3.05) is 13.1 Å². The first-order chi connectivity index (χ1) is 13.1. The van der Waals surface area contributed by atoms with Crippen molar-refractivity contribution in [3.05, 3.63) is 65.6 Å². The van der Waals surface area contributed by atoms with Crippen LogP contribution in [0.4, 0.5) is 0 Å². The molecule has 2 aliphatic rings. The van der Waals surface area contributed by atoms with Gasteiger partial charge in [-0.2, -0.15) is 5.92 Å². The van der Waals surface area contributed by atoms with E-state index in [9.17, 15) is 0 Å². The number of aromatic nitrogens is 1. The van der Waals surface area contributed by atoms with Gasteiger partial charge in [0, 0.05) is 40.8 Å². The number of nitrogens with one attached hydrogen (secondary N) is 3. The van der Waals surface area contributed by atoms with Crippen molar-refractivity contribution in [1.29, 1.82) is 0 Å². The molecule has 2 heterocycles. The molecule has 4 rings (SSSR count). The van der Waals surface area contributed by atoms with E-state index in [-0.39, 0.29) is 29.6 Å². The molecule has 1 unspecified atom stereocenters. The van der Waals surface area contributed by atoms with Crippen molar-refractivity contribution in [3.8, 4) is 0 Å². The first kappa shape index (κ1) is 21.5. The Balaban J connectivity index is 0.00000225. The molecule has 1 atom stereocenters. The monoisotopic (exact) mass is 406 g/mol. The number of benzene rings is 1. The summed E-state index contributed by atoms with van der Waals surface area (Å²) >= 11 is 6.07. The Morgan fingerprint density at radius 2 is 2.07 bits per heavy atom. The number of nitrogens with zero attached hydrogens (tertiary/aromatic N) is 1. The van der Waals surface area contributed by atoms with Crippen LogP contribution in [0.3, 0.4) is 0 Å². The molecule has 1 saturated carbocycles. The van der Waals surface area contributed by atoms with E-state index in [0.29, 0.717) is 12.6 Å². The van der Waals surface area contributed by atoms with Crippen LogP contribution in [0.5, 0.6) is 0 Å². The van der Waals surface area contributed by atoms with Gasteiger partial charge in [-0.25, -0.2) is 6.58 Å². The second-order valence-electron chi connectivity index (χ2n) is 7.69. The number of halogens is 1. The van der Waals surface area contributed by atoms with Crippen molar-refractivity contribution < 1.29 is 29.6 Å². The molecule has 2 fully saturated rings. The molecule has 3 N–H and O–H groups in total. The Hall–Kier alpha value is -1.20. The van der Waals surface area contributed by atoms with E-state index in [0.717, 1.165) is 40.5 Å². The van der Waals surface area contributed by atoms with Crippen LogP contribution in [-0.4, -0.2) is 29.0 Å². The van der Waals surface area contributed by atoms with E-state index in [2.05, 4.69) is 39.7 Å². The van der Waals surface area contributed by atoms with Crippen LogP contribution in [0.1, 0.15) is 37.8 Å². The Bertz CT molecular complexity index is 842. The summed E-state index contributed by atoms with van der Waals surface area (Å²) in [5, 5.41) is 8.85. The molecule has 6 heteroatoms. The van der Waals surface area contributed by atoms with Gasteiger partial charge in [0.2, 0.25) is 0 Å². The zero-order chi connectivity index (χ0) is 18.8. The number of hydrogen-bond acceptors (Lipinski definition) is 3. The van der Waals surface area contributed by atoms with Gasteiger partial charge >= 0.3 is 29.6 Å². The number of aromatic amines is 1. The minimum absolute atomic E-state index is 0. The summed E-state index contributed by atoms with van der Waals surface area (Å²) in [6, 6.07) is 8.44. The minimum Gasteiger partial charge on any atom is -0.403 e. The average molecular weight is 407 g/mol. The van der Waals surface area contributed by atoms with Gasteiger partial charge in [0.25, 0.3) is 0 Å². The molecule has 2 aromatic rings. The zero-order valence-corrected chi connectivity index (χ0v) is 19.5. The molecule has 1 aliphatic carbocycles. The summed E-state index contributed by atoms with van der Waals surface area (Å²) in [6.07, 6.45) is 6.16. The van der Waals surface area contributed by atoms with Gasteiger partial charge in [0.15, 0.2) is 0 Å². The van der Waals surface area contributed by atoms with E-state index in [1.54, 1.807) is 5.92 Å². The average Bonchev–Trinajstić information content (AvgIpc) is 3.00. The standard InChI is InChI=1S/C22H28ClN4.Na/c1-15(17-5-3-6-17)27-10-4-7-20(14-27)25-16(2)24-13-21-12-18-11-19(23)8-9-22(18)26-21;/h8-9,11-12,20,24-26H,1-7,10,13-14H2;/q-1;+1. The summed E-state index contributed by atoms with van der Waals surface area (Å²) in [4.78, 5) is 5.87. The van der Waals surface area contributed by atoms with Crippen molar-refractivity contribution >= 4 is 22.5 Å². The number of fused-ring (bicyclic) bond motifs is 1. The molecule has 0 radical (unpaired) electrons. The summed E-state index contributed by atoms with van der Waals surface area (Å²) in [6.45, 7) is 11.3. The summed E-state index contributed by atoms with van der Waals surface area (Å²) < 4.78 is 0. The minimum atomic E-state index is 0. The van der Waals surface area contributed by atoms with Gasteiger partial charge < -0.3 is 20.5 Å². The first-order valence-corrected chi connectivity index (χ1v) is 10.2. The molecular formula is C22H28ClN4Na. The predicted octanol–water partition coefficient (Wildman–Crippen LogP) is 1.71. The molecule has 4 nitrogen and oxygen atoms in total. The maximum absolute atomic E-state index is 6.07. The number of piperidine rings is 1. The van der Waals surface area contributed by atoms with Crippen LogP contribution in [0.15, 0.2) is 48.9 Å². The molecule has 1 aromatic heterocycles. The molecule has 0 bridgehead atoms. The van der Waals surface area contributed by atoms with Crippen LogP contribution in [0.2, 0.25) is 5.02 Å². The fourth-order valence-corrected chi connectivity index (χ4v) is 4.14. The van der Waals surface area contributed by atoms with Crippen LogP contribution in [-0.2, 0) is 6.54 Å². The van der Waals surface area contributed by atoms with Gasteiger partial charge in [0.1, 0.15) is 0 Å². The number of likely N-dealkylation sites (tertiary alicyclic amines) is 1. The quantitative estimate of drug-likeness (QED) is 0.484. The van der Waals surface area contributed by atoms with Gasteiger partial charge in [0.05, 0.1) is 12.4 Å². The fourth-order valence-electron chi connectivity index (χ4n) is 3.96. The molecule has 1 aliphatic heterocycles. The van der Waals surface area contributed by atoms with Gasteiger partial charge in [-0.05, 0) is 37.1 Å². The number of hydrogen-bond donors (Lipinski definition) is 3. The SMILES string of the molecule is C=C(NCc1cc2cc(Cl)ccc2[nH]1)NC1CCCN(C(=C)[C-]2CCC2)C1.[Na+]. The summed E-state index contributed by atoms with van der Waals surface area (Å²) in [5.41, 5.74) is 3.49. The fraction of sp³-hybridized carbons (Fsp3) is 0.409. The maximum Gasteiger partial charge on any atom is 1.00 e. The molecule has 144 valence electrons. The maximum atomic E-state index is 6.07. The molecule has 0 spiro atoms. The number of allylic oxidation sites excluding steroid dienone is 1. The third-order valence-electron chi connectivity index (χ3n) is 5.68. The van der Waals surface area contributed by atoms with E-state index in [1.165, 1.54) is 37.8 Å². The van der Waals surface area contributed by atoms with E-state index in [1.807, 2.05) is 18.2 Å². The van der Waals surface area contributed by atoms with Crippen LogP contribution in [0.25, 0.3) is 10.9 Å². The molecular weight excluding hydrogens is 379 g/mol. The Morgan fingerprint density at radius 3 is 2.82 bits per heavy atom.